The van der Waals surface area contributed by atoms with Gasteiger partial charge in [-0.3, -0.25) is 9.69 Å². The van der Waals surface area contributed by atoms with Gasteiger partial charge >= 0.3 is 0 Å². The predicted molar refractivity (Wildman–Crippen MR) is 70.3 cm³/mol. The third kappa shape index (κ3) is 3.22. The van der Waals surface area contributed by atoms with Gasteiger partial charge in [0, 0.05) is 33.2 Å². The molecule has 2 fully saturated rings. The lowest BCUT2D eigenvalue weighted by molar-refractivity contribution is -0.128. The zero-order valence-corrected chi connectivity index (χ0v) is 11.2. The highest BCUT2D eigenvalue weighted by molar-refractivity contribution is 5.81. The number of amides is 1. The second-order valence-electron chi connectivity index (χ2n) is 5.59. The van der Waals surface area contributed by atoms with Crippen LogP contribution in [0, 0.1) is 0 Å². The van der Waals surface area contributed by atoms with Crippen molar-refractivity contribution in [3.05, 3.63) is 0 Å². The monoisotopic (exact) mass is 255 g/mol. The number of piperazine rings is 1. The van der Waals surface area contributed by atoms with Gasteiger partial charge in [-0.1, -0.05) is 19.3 Å². The molecule has 18 heavy (non-hydrogen) atoms. The van der Waals surface area contributed by atoms with E-state index in [0.717, 1.165) is 38.8 Å². The molecule has 3 N–H and O–H groups in total. The first kappa shape index (κ1) is 13.8. The van der Waals surface area contributed by atoms with Crippen LogP contribution in [0.3, 0.4) is 0 Å². The highest BCUT2D eigenvalue weighted by Crippen LogP contribution is 2.29. The first-order valence-corrected chi connectivity index (χ1v) is 7.03. The van der Waals surface area contributed by atoms with Gasteiger partial charge in [0.2, 0.25) is 5.91 Å². The average molecular weight is 255 g/mol. The van der Waals surface area contributed by atoms with E-state index in [1.54, 1.807) is 7.05 Å². The summed E-state index contributed by atoms with van der Waals surface area (Å²) in [5.74, 6) is 0.0432. The van der Waals surface area contributed by atoms with Crippen molar-refractivity contribution in [2.24, 2.45) is 0 Å². The lowest BCUT2D eigenvalue weighted by atomic mass is 9.84. The van der Waals surface area contributed by atoms with Gasteiger partial charge in [-0.05, 0) is 12.8 Å². The van der Waals surface area contributed by atoms with Gasteiger partial charge in [0.15, 0.2) is 0 Å². The molecule has 1 heterocycles. The van der Waals surface area contributed by atoms with Crippen LogP contribution in [0.1, 0.15) is 32.1 Å². The quantitative estimate of drug-likeness (QED) is 0.648. The van der Waals surface area contributed by atoms with Gasteiger partial charge < -0.3 is 15.7 Å². The molecule has 1 saturated carbocycles. The molecule has 1 unspecified atom stereocenters. The molecule has 0 bridgehead atoms. The Morgan fingerprint density at radius 2 is 2.17 bits per heavy atom. The van der Waals surface area contributed by atoms with Gasteiger partial charge in [0.1, 0.15) is 6.04 Å². The summed E-state index contributed by atoms with van der Waals surface area (Å²) in [6.07, 6.45) is 5.18. The minimum Gasteiger partial charge on any atom is -0.389 e. The molecular formula is C13H25N3O2. The van der Waals surface area contributed by atoms with Crippen molar-refractivity contribution in [3.63, 3.8) is 0 Å². The van der Waals surface area contributed by atoms with Crippen molar-refractivity contribution in [3.8, 4) is 0 Å². The van der Waals surface area contributed by atoms with Gasteiger partial charge in [-0.15, -0.1) is 0 Å². The van der Waals surface area contributed by atoms with Crippen LogP contribution in [-0.4, -0.2) is 60.8 Å². The number of hydrogen-bond donors (Lipinski definition) is 3. The summed E-state index contributed by atoms with van der Waals surface area (Å²) in [5, 5.41) is 16.6. The Kier molecular flexibility index (Phi) is 4.59. The van der Waals surface area contributed by atoms with E-state index in [0.29, 0.717) is 13.1 Å². The van der Waals surface area contributed by atoms with Crippen LogP contribution < -0.4 is 10.6 Å². The summed E-state index contributed by atoms with van der Waals surface area (Å²) in [7, 11) is 1.67. The Hall–Kier alpha value is -0.650. The van der Waals surface area contributed by atoms with Crippen molar-refractivity contribution in [2.75, 3.05) is 33.2 Å². The van der Waals surface area contributed by atoms with Crippen molar-refractivity contribution in [1.82, 2.24) is 15.5 Å². The molecule has 5 nitrogen and oxygen atoms in total. The fraction of sp³-hybridized carbons (Fsp3) is 0.923. The molecule has 2 aliphatic rings. The van der Waals surface area contributed by atoms with E-state index in [1.807, 2.05) is 0 Å². The van der Waals surface area contributed by atoms with Crippen LogP contribution in [-0.2, 0) is 4.79 Å². The standard InChI is InChI=1S/C13H25N3O2/c1-14-12(17)11-9-15-7-8-16(11)10-13(18)5-3-2-4-6-13/h11,15,18H,2-10H2,1H3,(H,14,17). The third-order valence-electron chi connectivity index (χ3n) is 4.18. The Balaban J connectivity index is 1.98. The van der Waals surface area contributed by atoms with Crippen LogP contribution >= 0.6 is 0 Å². The van der Waals surface area contributed by atoms with Crippen LogP contribution in [0.2, 0.25) is 0 Å². The molecule has 1 atom stereocenters. The van der Waals surface area contributed by atoms with E-state index in [1.165, 1.54) is 6.42 Å². The first-order chi connectivity index (χ1) is 8.64. The highest BCUT2D eigenvalue weighted by Gasteiger charge is 2.36. The number of aliphatic hydroxyl groups is 1. The SMILES string of the molecule is CNC(=O)C1CNCCN1CC1(O)CCCCC1. The average Bonchev–Trinajstić information content (AvgIpc) is 2.39. The van der Waals surface area contributed by atoms with Crippen LogP contribution in [0.25, 0.3) is 0 Å². The Bertz CT molecular complexity index is 290. The van der Waals surface area contributed by atoms with Gasteiger partial charge in [-0.2, -0.15) is 0 Å². The van der Waals surface area contributed by atoms with Crippen LogP contribution in [0.15, 0.2) is 0 Å². The Morgan fingerprint density at radius 3 is 2.83 bits per heavy atom. The summed E-state index contributed by atoms with van der Waals surface area (Å²) in [5.41, 5.74) is -0.581. The second-order valence-corrected chi connectivity index (χ2v) is 5.59. The maximum Gasteiger partial charge on any atom is 0.238 e. The van der Waals surface area contributed by atoms with E-state index >= 15 is 0 Å². The lowest BCUT2D eigenvalue weighted by Gasteiger charge is -2.42. The van der Waals surface area contributed by atoms with E-state index < -0.39 is 5.60 Å². The first-order valence-electron chi connectivity index (χ1n) is 7.03. The summed E-state index contributed by atoms with van der Waals surface area (Å²) >= 11 is 0. The molecule has 1 amide bonds. The van der Waals surface area contributed by atoms with Crippen molar-refractivity contribution < 1.29 is 9.90 Å². The summed E-state index contributed by atoms with van der Waals surface area (Å²) < 4.78 is 0. The molecule has 5 heteroatoms. The maximum absolute atomic E-state index is 11.8. The number of carbonyl (C=O) groups excluding carboxylic acids is 1. The molecule has 1 aliphatic carbocycles. The zero-order chi connectivity index (χ0) is 13.0. The fourth-order valence-electron chi connectivity index (χ4n) is 3.11. The fourth-order valence-corrected chi connectivity index (χ4v) is 3.11. The van der Waals surface area contributed by atoms with Crippen LogP contribution in [0.4, 0.5) is 0 Å². The molecule has 2 rings (SSSR count). The number of β-amino-alcohol motifs (C(OH)–C–C–N with tert-alkyl or cyclic N) is 1. The highest BCUT2D eigenvalue weighted by atomic mass is 16.3. The Morgan fingerprint density at radius 1 is 1.44 bits per heavy atom. The number of nitrogens with zero attached hydrogens (tertiary/aromatic N) is 1. The van der Waals surface area contributed by atoms with Crippen molar-refractivity contribution in [1.29, 1.82) is 0 Å². The Labute approximate surface area is 109 Å². The largest absolute Gasteiger partial charge is 0.389 e. The van der Waals surface area contributed by atoms with Gasteiger partial charge in [0.05, 0.1) is 5.60 Å². The molecule has 0 aromatic heterocycles. The molecule has 0 spiro atoms. The molecular weight excluding hydrogens is 230 g/mol. The maximum atomic E-state index is 11.8. The van der Waals surface area contributed by atoms with E-state index in [-0.39, 0.29) is 11.9 Å². The number of likely N-dealkylation sites (N-methyl/N-ethyl adjacent to an activating group) is 1. The van der Waals surface area contributed by atoms with E-state index in [9.17, 15) is 9.90 Å². The summed E-state index contributed by atoms with van der Waals surface area (Å²) in [6.45, 7) is 3.03. The number of rotatable bonds is 3. The second kappa shape index (κ2) is 5.99. The van der Waals surface area contributed by atoms with Crippen molar-refractivity contribution in [2.45, 2.75) is 43.7 Å². The zero-order valence-electron chi connectivity index (χ0n) is 11.2. The third-order valence-corrected chi connectivity index (χ3v) is 4.18. The molecule has 1 aliphatic heterocycles. The van der Waals surface area contributed by atoms with E-state index in [2.05, 4.69) is 15.5 Å². The van der Waals surface area contributed by atoms with Crippen LogP contribution in [0.5, 0.6) is 0 Å². The summed E-state index contributed by atoms with van der Waals surface area (Å²) in [6, 6.07) is -0.144. The molecule has 0 aromatic rings. The minimum absolute atomic E-state index is 0.0432. The lowest BCUT2D eigenvalue weighted by Crippen LogP contribution is -2.60. The predicted octanol–water partition coefficient (Wildman–Crippen LogP) is -0.299. The molecule has 104 valence electrons. The van der Waals surface area contributed by atoms with Crippen molar-refractivity contribution >= 4 is 5.91 Å². The normalized spacial score (nSPS) is 28.9. The minimum atomic E-state index is -0.581. The molecule has 0 radical (unpaired) electrons. The summed E-state index contributed by atoms with van der Waals surface area (Å²) in [4.78, 5) is 14.0. The molecule has 1 saturated heterocycles. The number of nitrogens with one attached hydrogen (secondary N) is 2. The topological polar surface area (TPSA) is 64.6 Å². The molecule has 0 aromatic carbocycles. The number of carbonyl (C=O) groups is 1. The number of hydrogen-bond acceptors (Lipinski definition) is 4. The van der Waals surface area contributed by atoms with E-state index in [4.69, 9.17) is 0 Å². The van der Waals surface area contributed by atoms with Gasteiger partial charge in [0.25, 0.3) is 0 Å². The smallest absolute Gasteiger partial charge is 0.238 e. The van der Waals surface area contributed by atoms with Gasteiger partial charge in [-0.25, -0.2) is 0 Å².